The lowest BCUT2D eigenvalue weighted by Gasteiger charge is -2.43. The highest BCUT2D eigenvalue weighted by molar-refractivity contribution is 6.99. The summed E-state index contributed by atoms with van der Waals surface area (Å²) in [7, 11) is -2.63. The lowest BCUT2D eigenvalue weighted by Crippen LogP contribution is -2.66. The molecule has 0 unspecified atom stereocenters. The average Bonchev–Trinajstić information content (AvgIpc) is 2.79. The van der Waals surface area contributed by atoms with Gasteiger partial charge in [-0.15, -0.1) is 0 Å². The van der Waals surface area contributed by atoms with Crippen molar-refractivity contribution >= 4 is 18.7 Å². The summed E-state index contributed by atoms with van der Waals surface area (Å²) in [6.45, 7) is 9.03. The van der Waals surface area contributed by atoms with Crippen molar-refractivity contribution in [1.29, 1.82) is 0 Å². The van der Waals surface area contributed by atoms with Crippen LogP contribution in [0.15, 0.2) is 78.9 Å². The van der Waals surface area contributed by atoms with E-state index < -0.39 is 14.4 Å². The third-order valence-electron chi connectivity index (χ3n) is 5.89. The molecule has 0 amide bonds. The largest absolute Gasteiger partial charge is 0.405 e. The minimum atomic E-state index is -2.63. The van der Waals surface area contributed by atoms with Gasteiger partial charge in [-0.2, -0.15) is 0 Å². The number of aryl methyl sites for hydroxylation is 1. The Morgan fingerprint density at radius 3 is 1.94 bits per heavy atom. The molecular weight excluding hydrogens is 419 g/mol. The van der Waals surface area contributed by atoms with E-state index in [0.717, 1.165) is 5.56 Å². The second kappa shape index (κ2) is 10.5. The summed E-state index contributed by atoms with van der Waals surface area (Å²) in [5, 5.41) is 12.2. The van der Waals surface area contributed by atoms with E-state index in [9.17, 15) is 9.50 Å². The van der Waals surface area contributed by atoms with Gasteiger partial charge in [-0.05, 0) is 45.6 Å². The van der Waals surface area contributed by atoms with E-state index in [2.05, 4.69) is 69.3 Å². The first kappa shape index (κ1) is 24.3. The van der Waals surface area contributed by atoms with Crippen LogP contribution < -0.4 is 10.4 Å². The molecule has 0 spiro atoms. The van der Waals surface area contributed by atoms with Crippen molar-refractivity contribution in [3.63, 3.8) is 0 Å². The molecule has 0 bridgehead atoms. The lowest BCUT2D eigenvalue weighted by molar-refractivity contribution is -0.00293. The van der Waals surface area contributed by atoms with Crippen LogP contribution in [0, 0.1) is 12.7 Å². The predicted molar refractivity (Wildman–Crippen MR) is 130 cm³/mol. The first-order valence-electron chi connectivity index (χ1n) is 11.0. The van der Waals surface area contributed by atoms with E-state index in [1.807, 2.05) is 19.1 Å². The highest BCUT2D eigenvalue weighted by Gasteiger charge is 2.50. The zero-order chi connectivity index (χ0) is 23.2. The Bertz CT molecular complexity index is 947. The first-order chi connectivity index (χ1) is 15.3. The summed E-state index contributed by atoms with van der Waals surface area (Å²) in [6, 6.07) is 25.4. The molecule has 0 aromatic heterocycles. The molecular formula is C27H33FO3Si. The summed E-state index contributed by atoms with van der Waals surface area (Å²) in [4.78, 5) is 0. The van der Waals surface area contributed by atoms with Gasteiger partial charge >= 0.3 is 0 Å². The second-order valence-corrected chi connectivity index (χ2v) is 13.4. The van der Waals surface area contributed by atoms with Crippen LogP contribution in [0.5, 0.6) is 0 Å². The van der Waals surface area contributed by atoms with E-state index in [0.29, 0.717) is 18.8 Å². The Morgan fingerprint density at radius 2 is 1.44 bits per heavy atom. The van der Waals surface area contributed by atoms with Crippen LogP contribution in [0.3, 0.4) is 0 Å². The number of hydrogen-bond donors (Lipinski definition) is 1. The molecule has 0 aliphatic heterocycles. The molecule has 1 N–H and O–H groups in total. The fourth-order valence-electron chi connectivity index (χ4n) is 4.35. The summed E-state index contributed by atoms with van der Waals surface area (Å²) < 4.78 is 26.5. The molecule has 3 aromatic rings. The van der Waals surface area contributed by atoms with Gasteiger partial charge in [0.2, 0.25) is 0 Å². The number of hydrogen-bond acceptors (Lipinski definition) is 3. The minimum Gasteiger partial charge on any atom is -0.405 e. The van der Waals surface area contributed by atoms with Crippen LogP contribution in [0.4, 0.5) is 4.39 Å². The third kappa shape index (κ3) is 5.18. The van der Waals surface area contributed by atoms with Crippen molar-refractivity contribution in [1.82, 2.24) is 0 Å². The number of benzene rings is 3. The SMILES string of the molecule is Cc1ccc(F)cc1[C@H](CO)OCCO[Si](c1ccccc1)(c1ccccc1)C(C)(C)C. The number of rotatable bonds is 9. The second-order valence-electron chi connectivity index (χ2n) is 9.05. The summed E-state index contributed by atoms with van der Waals surface area (Å²) in [6.07, 6.45) is -0.589. The van der Waals surface area contributed by atoms with Crippen LogP contribution in [-0.4, -0.2) is 33.2 Å². The van der Waals surface area contributed by atoms with Crippen LogP contribution in [0.1, 0.15) is 38.0 Å². The maximum absolute atomic E-state index is 13.7. The minimum absolute atomic E-state index is 0.120. The Kier molecular flexibility index (Phi) is 8.01. The molecule has 0 saturated heterocycles. The molecule has 170 valence electrons. The van der Waals surface area contributed by atoms with Crippen molar-refractivity contribution in [3.8, 4) is 0 Å². The lowest BCUT2D eigenvalue weighted by atomic mass is 10.0. The van der Waals surface area contributed by atoms with Crippen molar-refractivity contribution in [2.24, 2.45) is 0 Å². The number of aliphatic hydroxyl groups is 1. The Hall–Kier alpha value is -2.31. The van der Waals surface area contributed by atoms with E-state index in [4.69, 9.17) is 9.16 Å². The highest BCUT2D eigenvalue weighted by Crippen LogP contribution is 2.36. The van der Waals surface area contributed by atoms with Crippen molar-refractivity contribution < 1.29 is 18.7 Å². The number of halogens is 1. The van der Waals surface area contributed by atoms with Gasteiger partial charge in [0.1, 0.15) is 11.9 Å². The van der Waals surface area contributed by atoms with E-state index in [1.54, 1.807) is 6.07 Å². The molecule has 5 heteroatoms. The van der Waals surface area contributed by atoms with Gasteiger partial charge < -0.3 is 14.3 Å². The fraction of sp³-hybridized carbons (Fsp3) is 0.333. The molecule has 3 nitrogen and oxygen atoms in total. The van der Waals surface area contributed by atoms with Gasteiger partial charge in [-0.1, -0.05) is 87.5 Å². The van der Waals surface area contributed by atoms with Crippen LogP contribution >= 0.6 is 0 Å². The normalized spacial score (nSPS) is 13.2. The zero-order valence-corrected chi connectivity index (χ0v) is 20.3. The Labute approximate surface area is 192 Å². The quantitative estimate of drug-likeness (QED) is 0.376. The summed E-state index contributed by atoms with van der Waals surface area (Å²) in [5.74, 6) is -0.337. The van der Waals surface area contributed by atoms with Gasteiger partial charge in [-0.25, -0.2) is 4.39 Å². The van der Waals surface area contributed by atoms with Gasteiger partial charge in [-0.3, -0.25) is 0 Å². The number of ether oxygens (including phenoxy) is 1. The molecule has 1 atom stereocenters. The van der Waals surface area contributed by atoms with E-state index >= 15 is 0 Å². The van der Waals surface area contributed by atoms with Gasteiger partial charge in [0, 0.05) is 0 Å². The Morgan fingerprint density at radius 1 is 0.875 bits per heavy atom. The molecule has 0 heterocycles. The predicted octanol–water partition coefficient (Wildman–Crippen LogP) is 4.76. The molecule has 3 aromatic carbocycles. The Balaban J connectivity index is 1.84. The number of aliphatic hydroxyl groups excluding tert-OH is 1. The molecule has 0 fully saturated rings. The van der Waals surface area contributed by atoms with Crippen molar-refractivity contribution in [2.75, 3.05) is 19.8 Å². The maximum Gasteiger partial charge on any atom is 0.261 e. The third-order valence-corrected chi connectivity index (χ3v) is 10.9. The molecule has 0 saturated carbocycles. The van der Waals surface area contributed by atoms with Crippen molar-refractivity contribution in [2.45, 2.75) is 38.8 Å². The molecule has 3 rings (SSSR count). The van der Waals surface area contributed by atoms with Gasteiger partial charge in [0.25, 0.3) is 8.32 Å². The monoisotopic (exact) mass is 452 g/mol. The van der Waals surface area contributed by atoms with Crippen molar-refractivity contribution in [3.05, 3.63) is 95.8 Å². The molecule has 0 aliphatic carbocycles. The first-order valence-corrected chi connectivity index (χ1v) is 12.9. The van der Waals surface area contributed by atoms with Gasteiger partial charge in [0.05, 0.1) is 19.8 Å². The van der Waals surface area contributed by atoms with E-state index in [1.165, 1.54) is 22.5 Å². The summed E-state index contributed by atoms with van der Waals surface area (Å²) >= 11 is 0. The highest BCUT2D eigenvalue weighted by atomic mass is 28.4. The molecule has 32 heavy (non-hydrogen) atoms. The maximum atomic E-state index is 13.7. The van der Waals surface area contributed by atoms with Gasteiger partial charge in [0.15, 0.2) is 0 Å². The molecule has 0 aliphatic rings. The standard InChI is InChI=1S/C27H33FO3Si/c1-21-15-16-22(28)19-25(21)26(20-29)30-17-18-31-32(27(2,3)4,23-11-7-5-8-12-23)24-13-9-6-10-14-24/h5-16,19,26,29H,17-18,20H2,1-4H3/t26-/m0/s1. The van der Waals surface area contributed by atoms with Crippen LogP contribution in [0.2, 0.25) is 5.04 Å². The summed E-state index contributed by atoms with van der Waals surface area (Å²) in [5.41, 5.74) is 1.55. The van der Waals surface area contributed by atoms with Crippen LogP contribution in [0.25, 0.3) is 0 Å². The topological polar surface area (TPSA) is 38.7 Å². The van der Waals surface area contributed by atoms with E-state index in [-0.39, 0.29) is 17.5 Å². The average molecular weight is 453 g/mol. The fourth-order valence-corrected chi connectivity index (χ4v) is 8.89. The zero-order valence-electron chi connectivity index (χ0n) is 19.3. The van der Waals surface area contributed by atoms with Crippen LogP contribution in [-0.2, 0) is 9.16 Å². The molecule has 0 radical (unpaired) electrons. The smallest absolute Gasteiger partial charge is 0.261 e.